The van der Waals surface area contributed by atoms with Crippen molar-refractivity contribution < 1.29 is 9.63 Å². The van der Waals surface area contributed by atoms with Crippen LogP contribution in [0, 0.1) is 6.92 Å². The Morgan fingerprint density at radius 3 is 3.17 bits per heavy atom. The summed E-state index contributed by atoms with van der Waals surface area (Å²) >= 11 is 0. The molecular formula is C9H9NO2. The van der Waals surface area contributed by atoms with Crippen LogP contribution in [0.1, 0.15) is 11.1 Å². The summed E-state index contributed by atoms with van der Waals surface area (Å²) < 4.78 is 0. The Bertz CT molecular complexity index is 333. The number of carbonyl (C=O) groups is 1. The first-order chi connectivity index (χ1) is 5.77. The van der Waals surface area contributed by atoms with Crippen LogP contribution in [0.25, 0.3) is 0 Å². The lowest BCUT2D eigenvalue weighted by molar-refractivity contribution is -0.128. The molecule has 0 saturated carbocycles. The molecule has 0 bridgehead atoms. The summed E-state index contributed by atoms with van der Waals surface area (Å²) in [7, 11) is 0. The average molecular weight is 163 g/mol. The van der Waals surface area contributed by atoms with Gasteiger partial charge in [0.05, 0.1) is 6.42 Å². The van der Waals surface area contributed by atoms with E-state index >= 15 is 0 Å². The maximum absolute atomic E-state index is 10.9. The minimum absolute atomic E-state index is 0.0863. The highest BCUT2D eigenvalue weighted by Crippen LogP contribution is 2.24. The molecule has 1 N–H and O–H groups in total. The minimum atomic E-state index is -0.0863. The van der Waals surface area contributed by atoms with Gasteiger partial charge in [-0.25, -0.2) is 0 Å². The first kappa shape index (κ1) is 7.16. The van der Waals surface area contributed by atoms with Crippen molar-refractivity contribution in [2.75, 3.05) is 0 Å². The second-order valence-electron chi connectivity index (χ2n) is 2.86. The highest BCUT2D eigenvalue weighted by atomic mass is 16.7. The summed E-state index contributed by atoms with van der Waals surface area (Å²) in [6, 6.07) is 5.73. The molecule has 0 saturated heterocycles. The van der Waals surface area contributed by atoms with E-state index in [2.05, 4.69) is 5.48 Å². The predicted octanol–water partition coefficient (Wildman–Crippen LogP) is 0.961. The molecule has 0 atom stereocenters. The van der Waals surface area contributed by atoms with Crippen molar-refractivity contribution in [3.63, 3.8) is 0 Å². The Labute approximate surface area is 70.3 Å². The first-order valence-electron chi connectivity index (χ1n) is 3.81. The van der Waals surface area contributed by atoms with Gasteiger partial charge in [0.15, 0.2) is 5.75 Å². The van der Waals surface area contributed by atoms with Crippen LogP contribution in [-0.2, 0) is 11.2 Å². The molecule has 0 fully saturated rings. The zero-order chi connectivity index (χ0) is 8.55. The maximum Gasteiger partial charge on any atom is 0.257 e. The second-order valence-corrected chi connectivity index (χ2v) is 2.86. The van der Waals surface area contributed by atoms with Crippen LogP contribution in [-0.4, -0.2) is 5.91 Å². The van der Waals surface area contributed by atoms with Gasteiger partial charge in [-0.05, 0) is 18.6 Å². The fourth-order valence-electron chi connectivity index (χ4n) is 1.31. The van der Waals surface area contributed by atoms with Crippen molar-refractivity contribution in [2.45, 2.75) is 13.3 Å². The summed E-state index contributed by atoms with van der Waals surface area (Å²) in [5, 5.41) is 0. The van der Waals surface area contributed by atoms with Crippen LogP contribution in [0.4, 0.5) is 0 Å². The average Bonchev–Trinajstić information content (AvgIpc) is 2.07. The van der Waals surface area contributed by atoms with Gasteiger partial charge in [0.2, 0.25) is 0 Å². The van der Waals surface area contributed by atoms with E-state index in [9.17, 15) is 4.79 Å². The Kier molecular flexibility index (Phi) is 1.50. The number of carbonyl (C=O) groups excluding carboxylic acids is 1. The number of fused-ring (bicyclic) bond motifs is 1. The predicted molar refractivity (Wildman–Crippen MR) is 43.7 cm³/mol. The van der Waals surface area contributed by atoms with Crippen LogP contribution in [0.15, 0.2) is 18.2 Å². The quantitative estimate of drug-likeness (QED) is 0.618. The van der Waals surface area contributed by atoms with E-state index in [1.165, 1.54) is 0 Å². The molecule has 1 amide bonds. The van der Waals surface area contributed by atoms with Crippen LogP contribution >= 0.6 is 0 Å². The molecule has 1 aliphatic rings. The van der Waals surface area contributed by atoms with E-state index in [-0.39, 0.29) is 5.91 Å². The van der Waals surface area contributed by atoms with Crippen LogP contribution < -0.4 is 10.3 Å². The largest absolute Gasteiger partial charge is 0.379 e. The Balaban J connectivity index is 2.50. The Hall–Kier alpha value is -1.51. The molecule has 1 aromatic rings. The van der Waals surface area contributed by atoms with Gasteiger partial charge in [0.1, 0.15) is 0 Å². The molecule has 0 unspecified atom stereocenters. The zero-order valence-electron chi connectivity index (χ0n) is 6.76. The van der Waals surface area contributed by atoms with Crippen molar-refractivity contribution in [2.24, 2.45) is 0 Å². The van der Waals surface area contributed by atoms with Crippen molar-refractivity contribution in [3.05, 3.63) is 29.3 Å². The molecule has 3 nitrogen and oxygen atoms in total. The molecule has 0 spiro atoms. The van der Waals surface area contributed by atoms with E-state index in [0.717, 1.165) is 16.9 Å². The SMILES string of the molecule is Cc1cccc2c1CC(=O)NO2. The second kappa shape index (κ2) is 2.52. The number of hydrogen-bond acceptors (Lipinski definition) is 2. The smallest absolute Gasteiger partial charge is 0.257 e. The molecule has 1 heterocycles. The molecule has 1 aliphatic heterocycles. The van der Waals surface area contributed by atoms with Crippen LogP contribution in [0.5, 0.6) is 5.75 Å². The molecule has 0 radical (unpaired) electrons. The lowest BCUT2D eigenvalue weighted by Gasteiger charge is -2.17. The van der Waals surface area contributed by atoms with E-state index < -0.39 is 0 Å². The van der Waals surface area contributed by atoms with E-state index in [0.29, 0.717) is 6.42 Å². The summed E-state index contributed by atoms with van der Waals surface area (Å²) in [4.78, 5) is 16.0. The summed E-state index contributed by atoms with van der Waals surface area (Å²) in [5.41, 5.74) is 4.41. The zero-order valence-corrected chi connectivity index (χ0v) is 6.76. The summed E-state index contributed by atoms with van der Waals surface area (Å²) in [5.74, 6) is 0.673. The molecule has 0 aromatic heterocycles. The van der Waals surface area contributed by atoms with Gasteiger partial charge < -0.3 is 4.84 Å². The van der Waals surface area contributed by atoms with E-state index in [1.807, 2.05) is 25.1 Å². The molecule has 3 heteroatoms. The first-order valence-corrected chi connectivity index (χ1v) is 3.81. The third-order valence-electron chi connectivity index (χ3n) is 1.98. The van der Waals surface area contributed by atoms with Gasteiger partial charge in [-0.1, -0.05) is 12.1 Å². The van der Waals surface area contributed by atoms with Crippen molar-refractivity contribution >= 4 is 5.91 Å². The van der Waals surface area contributed by atoms with Gasteiger partial charge in [-0.3, -0.25) is 4.79 Å². The Morgan fingerprint density at radius 1 is 1.50 bits per heavy atom. The van der Waals surface area contributed by atoms with E-state index in [4.69, 9.17) is 4.84 Å². The number of rotatable bonds is 0. The van der Waals surface area contributed by atoms with Gasteiger partial charge >= 0.3 is 0 Å². The normalized spacial score (nSPS) is 14.6. The number of aryl methyl sites for hydroxylation is 1. The maximum atomic E-state index is 10.9. The monoisotopic (exact) mass is 163 g/mol. The highest BCUT2D eigenvalue weighted by molar-refractivity contribution is 5.80. The fraction of sp³-hybridized carbons (Fsp3) is 0.222. The molecule has 62 valence electrons. The summed E-state index contributed by atoms with van der Waals surface area (Å²) in [6.45, 7) is 1.97. The third-order valence-corrected chi connectivity index (χ3v) is 1.98. The summed E-state index contributed by atoms with van der Waals surface area (Å²) in [6.07, 6.45) is 0.419. The molecule has 12 heavy (non-hydrogen) atoms. The fourth-order valence-corrected chi connectivity index (χ4v) is 1.31. The molecule has 2 rings (SSSR count). The number of hydrogen-bond donors (Lipinski definition) is 1. The van der Waals surface area contributed by atoms with Crippen molar-refractivity contribution in [1.29, 1.82) is 0 Å². The minimum Gasteiger partial charge on any atom is -0.379 e. The van der Waals surface area contributed by atoms with Crippen LogP contribution in [0.2, 0.25) is 0 Å². The lowest BCUT2D eigenvalue weighted by atomic mass is 10.0. The highest BCUT2D eigenvalue weighted by Gasteiger charge is 2.17. The molecular weight excluding hydrogens is 154 g/mol. The Morgan fingerprint density at radius 2 is 2.33 bits per heavy atom. The van der Waals surface area contributed by atoms with Crippen molar-refractivity contribution in [1.82, 2.24) is 5.48 Å². The van der Waals surface area contributed by atoms with Gasteiger partial charge in [0, 0.05) is 5.56 Å². The van der Waals surface area contributed by atoms with Gasteiger partial charge in [0.25, 0.3) is 5.91 Å². The standard InChI is InChI=1S/C9H9NO2/c1-6-3-2-4-8-7(6)5-9(11)10-12-8/h2-4H,5H2,1H3,(H,10,11). The van der Waals surface area contributed by atoms with Gasteiger partial charge in [-0.2, -0.15) is 5.48 Å². The topological polar surface area (TPSA) is 38.3 Å². The van der Waals surface area contributed by atoms with Gasteiger partial charge in [-0.15, -0.1) is 0 Å². The van der Waals surface area contributed by atoms with E-state index in [1.54, 1.807) is 0 Å². The number of amides is 1. The third kappa shape index (κ3) is 1.03. The number of nitrogens with one attached hydrogen (secondary N) is 1. The molecule has 0 aliphatic carbocycles. The number of benzene rings is 1. The lowest BCUT2D eigenvalue weighted by Crippen LogP contribution is -2.33. The van der Waals surface area contributed by atoms with Crippen LogP contribution in [0.3, 0.4) is 0 Å². The molecule has 1 aromatic carbocycles. The number of hydroxylamine groups is 1. The van der Waals surface area contributed by atoms with Crippen molar-refractivity contribution in [3.8, 4) is 5.75 Å².